The number of fused-ring (bicyclic) bond motifs is 1. The van der Waals surface area contributed by atoms with Gasteiger partial charge in [-0.1, -0.05) is 0 Å². The van der Waals surface area contributed by atoms with E-state index < -0.39 is 11.9 Å². The van der Waals surface area contributed by atoms with Crippen molar-refractivity contribution in [1.82, 2.24) is 0 Å². The van der Waals surface area contributed by atoms with Gasteiger partial charge >= 0.3 is 5.97 Å². The fourth-order valence-corrected chi connectivity index (χ4v) is 2.37. The van der Waals surface area contributed by atoms with Crippen LogP contribution < -0.4 is 11.3 Å². The molecule has 0 aliphatic rings. The Labute approximate surface area is 147 Å². The molecule has 0 saturated heterocycles. The van der Waals surface area contributed by atoms with E-state index in [0.717, 1.165) is 0 Å². The van der Waals surface area contributed by atoms with Gasteiger partial charge in [0.25, 0.3) is 5.91 Å². The molecule has 0 saturated carbocycles. The molecule has 0 fully saturated rings. The third kappa shape index (κ3) is 3.30. The van der Waals surface area contributed by atoms with E-state index in [0.29, 0.717) is 27.8 Å². The Morgan fingerprint density at radius 3 is 2.50 bits per heavy atom. The van der Waals surface area contributed by atoms with Gasteiger partial charge in [0.05, 0.1) is 30.0 Å². The van der Waals surface area contributed by atoms with Crippen molar-refractivity contribution in [1.29, 1.82) is 5.26 Å². The van der Waals surface area contributed by atoms with Crippen molar-refractivity contribution < 1.29 is 18.7 Å². The van der Waals surface area contributed by atoms with Crippen LogP contribution in [-0.4, -0.2) is 19.0 Å². The summed E-state index contributed by atoms with van der Waals surface area (Å²) >= 11 is 0. The number of methoxy groups -OCH3 is 1. The number of hydrogen-bond acceptors (Lipinski definition) is 6. The molecule has 0 spiro atoms. The van der Waals surface area contributed by atoms with Crippen molar-refractivity contribution in [3.63, 3.8) is 0 Å². The molecule has 128 valence electrons. The predicted octanol–water partition coefficient (Wildman–Crippen LogP) is 2.42. The molecule has 0 unspecified atom stereocenters. The average molecular weight is 347 g/mol. The van der Waals surface area contributed by atoms with Crippen LogP contribution in [0.5, 0.6) is 0 Å². The van der Waals surface area contributed by atoms with Crippen LogP contribution in [0.2, 0.25) is 0 Å². The fourth-order valence-electron chi connectivity index (χ4n) is 2.37. The molecule has 1 aromatic heterocycles. The highest BCUT2D eigenvalue weighted by Crippen LogP contribution is 2.17. The monoisotopic (exact) mass is 347 g/mol. The Balaban J connectivity index is 2.15. The van der Waals surface area contributed by atoms with Crippen molar-refractivity contribution in [3.8, 4) is 6.07 Å². The minimum Gasteiger partial charge on any atom is -0.465 e. The Kier molecular flexibility index (Phi) is 4.50. The molecule has 0 aliphatic heterocycles. The summed E-state index contributed by atoms with van der Waals surface area (Å²) in [6.45, 7) is 0. The lowest BCUT2D eigenvalue weighted by atomic mass is 10.1. The second kappa shape index (κ2) is 6.91. The number of primary amides is 1. The first kappa shape index (κ1) is 16.9. The number of benzene rings is 2. The number of carbonyl (C=O) groups is 2. The molecule has 2 aromatic carbocycles. The van der Waals surface area contributed by atoms with Crippen LogP contribution in [0.1, 0.15) is 26.3 Å². The van der Waals surface area contributed by atoms with E-state index in [1.54, 1.807) is 42.5 Å². The van der Waals surface area contributed by atoms with E-state index in [4.69, 9.17) is 15.4 Å². The summed E-state index contributed by atoms with van der Waals surface area (Å²) in [5.41, 5.74) is 7.30. The van der Waals surface area contributed by atoms with E-state index in [2.05, 4.69) is 9.73 Å². The van der Waals surface area contributed by atoms with Crippen LogP contribution >= 0.6 is 0 Å². The minimum atomic E-state index is -0.706. The van der Waals surface area contributed by atoms with Gasteiger partial charge in [-0.2, -0.15) is 5.26 Å². The van der Waals surface area contributed by atoms with Gasteiger partial charge in [-0.25, -0.2) is 9.79 Å². The van der Waals surface area contributed by atoms with E-state index >= 15 is 0 Å². The van der Waals surface area contributed by atoms with E-state index in [1.807, 2.05) is 6.07 Å². The maximum absolute atomic E-state index is 11.8. The van der Waals surface area contributed by atoms with Crippen molar-refractivity contribution in [2.24, 2.45) is 10.7 Å². The summed E-state index contributed by atoms with van der Waals surface area (Å²) < 4.78 is 10.3. The Hall–Kier alpha value is -3.92. The second-order valence-electron chi connectivity index (χ2n) is 5.34. The van der Waals surface area contributed by atoms with E-state index in [9.17, 15) is 9.59 Å². The van der Waals surface area contributed by atoms with Gasteiger partial charge in [-0.15, -0.1) is 0 Å². The number of esters is 1. The SMILES string of the molecule is COC(=O)c1ccc(/N=c2\oc3ccc(C#N)cc3cc2C(N)=O)cc1. The third-order valence-corrected chi connectivity index (χ3v) is 3.66. The highest BCUT2D eigenvalue weighted by atomic mass is 16.5. The molecule has 7 nitrogen and oxygen atoms in total. The lowest BCUT2D eigenvalue weighted by Crippen LogP contribution is -2.21. The topological polar surface area (TPSA) is 119 Å². The normalized spacial score (nSPS) is 11.2. The maximum Gasteiger partial charge on any atom is 0.337 e. The van der Waals surface area contributed by atoms with Crippen molar-refractivity contribution in [2.75, 3.05) is 7.11 Å². The molecule has 2 N–H and O–H groups in total. The first-order chi connectivity index (χ1) is 12.5. The van der Waals surface area contributed by atoms with Gasteiger partial charge in [0.2, 0.25) is 5.55 Å². The molecule has 0 atom stereocenters. The summed E-state index contributed by atoms with van der Waals surface area (Å²) in [7, 11) is 1.30. The van der Waals surface area contributed by atoms with Gasteiger partial charge in [0.1, 0.15) is 11.1 Å². The number of ether oxygens (including phenoxy) is 1. The number of nitrogens with two attached hydrogens (primary N) is 1. The molecule has 3 aromatic rings. The lowest BCUT2D eigenvalue weighted by Gasteiger charge is -2.03. The molecular formula is C19H13N3O4. The zero-order valence-corrected chi connectivity index (χ0v) is 13.7. The largest absolute Gasteiger partial charge is 0.465 e. The number of nitriles is 1. The van der Waals surface area contributed by atoms with Gasteiger partial charge in [-0.3, -0.25) is 4.79 Å². The van der Waals surface area contributed by atoms with Gasteiger partial charge in [0.15, 0.2) is 0 Å². The molecule has 0 bridgehead atoms. The van der Waals surface area contributed by atoms with Crippen LogP contribution in [0, 0.1) is 11.3 Å². The summed E-state index contributed by atoms with van der Waals surface area (Å²) in [6.07, 6.45) is 0. The Morgan fingerprint density at radius 1 is 1.15 bits per heavy atom. The molecule has 26 heavy (non-hydrogen) atoms. The molecule has 7 heteroatoms. The first-order valence-corrected chi connectivity index (χ1v) is 7.53. The number of hydrogen-bond donors (Lipinski definition) is 1. The van der Waals surface area contributed by atoms with E-state index in [-0.39, 0.29) is 11.1 Å². The van der Waals surface area contributed by atoms with Gasteiger partial charge in [0, 0.05) is 5.39 Å². The summed E-state index contributed by atoms with van der Waals surface area (Å²) in [5, 5.41) is 9.55. The van der Waals surface area contributed by atoms with E-state index in [1.165, 1.54) is 13.2 Å². The molecular weight excluding hydrogens is 334 g/mol. The summed E-state index contributed by atoms with van der Waals surface area (Å²) in [5.74, 6) is -1.17. The van der Waals surface area contributed by atoms with Gasteiger partial charge < -0.3 is 14.9 Å². The fraction of sp³-hybridized carbons (Fsp3) is 0.0526. The Bertz CT molecular complexity index is 1120. The molecule has 0 radical (unpaired) electrons. The molecule has 0 aliphatic carbocycles. The standard InChI is InChI=1S/C19H13N3O4/c1-25-19(24)12-3-5-14(6-4-12)22-18-15(17(21)23)9-13-8-11(10-20)2-7-16(13)26-18/h2-9H,1H3,(H2,21,23)/b22-18-. The maximum atomic E-state index is 11.8. The predicted molar refractivity (Wildman–Crippen MR) is 92.5 cm³/mol. The summed E-state index contributed by atoms with van der Waals surface area (Å²) in [4.78, 5) is 27.5. The zero-order valence-electron chi connectivity index (χ0n) is 13.7. The zero-order chi connectivity index (χ0) is 18.7. The summed E-state index contributed by atoms with van der Waals surface area (Å²) in [6, 6.07) is 14.7. The smallest absolute Gasteiger partial charge is 0.337 e. The quantitative estimate of drug-likeness (QED) is 0.730. The molecule has 1 amide bonds. The first-order valence-electron chi connectivity index (χ1n) is 7.53. The molecule has 3 rings (SSSR count). The highest BCUT2D eigenvalue weighted by Gasteiger charge is 2.10. The third-order valence-electron chi connectivity index (χ3n) is 3.66. The number of nitrogens with zero attached hydrogens (tertiary/aromatic N) is 2. The highest BCUT2D eigenvalue weighted by molar-refractivity contribution is 5.95. The van der Waals surface area contributed by atoms with Crippen molar-refractivity contribution >= 4 is 28.5 Å². The van der Waals surface area contributed by atoms with Crippen LogP contribution in [0.25, 0.3) is 11.0 Å². The number of carbonyl (C=O) groups excluding carboxylic acids is 2. The minimum absolute atomic E-state index is 0.0422. The second-order valence-corrected chi connectivity index (χ2v) is 5.34. The Morgan fingerprint density at radius 2 is 1.88 bits per heavy atom. The average Bonchev–Trinajstić information content (AvgIpc) is 2.66. The van der Waals surface area contributed by atoms with Crippen LogP contribution in [0.3, 0.4) is 0 Å². The van der Waals surface area contributed by atoms with Crippen molar-refractivity contribution in [2.45, 2.75) is 0 Å². The number of rotatable bonds is 3. The van der Waals surface area contributed by atoms with Gasteiger partial charge in [-0.05, 0) is 48.5 Å². The van der Waals surface area contributed by atoms with Crippen LogP contribution in [0.15, 0.2) is 57.9 Å². The lowest BCUT2D eigenvalue weighted by molar-refractivity contribution is 0.0600. The van der Waals surface area contributed by atoms with Crippen molar-refractivity contribution in [3.05, 3.63) is 70.8 Å². The number of amides is 1. The van der Waals surface area contributed by atoms with Crippen LogP contribution in [0.4, 0.5) is 5.69 Å². The van der Waals surface area contributed by atoms with Crippen LogP contribution in [-0.2, 0) is 4.74 Å². The molecule has 1 heterocycles.